The maximum Gasteiger partial charge on any atom is 0.408 e. The predicted molar refractivity (Wildman–Crippen MR) is 85.4 cm³/mol. The van der Waals surface area contributed by atoms with E-state index >= 15 is 0 Å². The molecule has 0 saturated heterocycles. The van der Waals surface area contributed by atoms with Gasteiger partial charge in [-0.2, -0.15) is 0 Å². The van der Waals surface area contributed by atoms with E-state index in [1.54, 1.807) is 20.8 Å². The molecule has 1 fully saturated rings. The van der Waals surface area contributed by atoms with Crippen LogP contribution in [0.2, 0.25) is 0 Å². The molecule has 0 bridgehead atoms. The molecular formula is C17H20N2O4. The summed E-state index contributed by atoms with van der Waals surface area (Å²) in [6.07, 6.45) is 1.46. The largest absolute Gasteiger partial charge is 0.479 e. The number of H-pyrrole nitrogens is 1. The number of ether oxygens (including phenoxy) is 1. The van der Waals surface area contributed by atoms with E-state index in [2.05, 4.69) is 10.3 Å². The van der Waals surface area contributed by atoms with Crippen molar-refractivity contribution >= 4 is 23.0 Å². The molecule has 1 heterocycles. The fourth-order valence-electron chi connectivity index (χ4n) is 2.93. The van der Waals surface area contributed by atoms with Crippen molar-refractivity contribution in [3.05, 3.63) is 36.0 Å². The van der Waals surface area contributed by atoms with Gasteiger partial charge in [0.25, 0.3) is 0 Å². The van der Waals surface area contributed by atoms with Crippen LogP contribution in [0.25, 0.3) is 10.9 Å². The number of alkyl carbamates (subject to hydrolysis) is 1. The second-order valence-electron chi connectivity index (χ2n) is 6.95. The summed E-state index contributed by atoms with van der Waals surface area (Å²) in [5.41, 5.74) is -0.118. The monoisotopic (exact) mass is 316 g/mol. The van der Waals surface area contributed by atoms with Crippen LogP contribution in [0.15, 0.2) is 30.5 Å². The molecular weight excluding hydrogens is 296 g/mol. The number of hydrogen-bond donors (Lipinski definition) is 3. The number of hydrogen-bond acceptors (Lipinski definition) is 3. The molecule has 3 rings (SSSR count). The zero-order chi connectivity index (χ0) is 16.8. The van der Waals surface area contributed by atoms with Gasteiger partial charge in [-0.3, -0.25) is 0 Å². The quantitative estimate of drug-likeness (QED) is 0.811. The highest BCUT2D eigenvalue weighted by molar-refractivity contribution is 5.93. The van der Waals surface area contributed by atoms with E-state index in [1.807, 2.05) is 30.5 Å². The average Bonchev–Trinajstić information content (AvgIpc) is 2.99. The number of para-hydroxylation sites is 1. The number of carboxylic acid groups (broad SMARTS) is 1. The van der Waals surface area contributed by atoms with Crippen molar-refractivity contribution < 1.29 is 19.4 Å². The second-order valence-corrected chi connectivity index (χ2v) is 6.95. The van der Waals surface area contributed by atoms with Crippen LogP contribution in [-0.2, 0) is 9.53 Å². The normalized spacial score (nSPS) is 23.5. The van der Waals surface area contributed by atoms with Crippen molar-refractivity contribution in [1.82, 2.24) is 10.3 Å². The highest BCUT2D eigenvalue weighted by Crippen LogP contribution is 2.53. The van der Waals surface area contributed by atoms with Crippen molar-refractivity contribution in [2.24, 2.45) is 0 Å². The Bertz CT molecular complexity index is 774. The minimum atomic E-state index is -1.30. The summed E-state index contributed by atoms with van der Waals surface area (Å²) < 4.78 is 5.20. The van der Waals surface area contributed by atoms with Crippen LogP contribution >= 0.6 is 0 Å². The highest BCUT2D eigenvalue weighted by Gasteiger charge is 2.63. The molecule has 0 unspecified atom stereocenters. The zero-order valence-corrected chi connectivity index (χ0v) is 13.3. The predicted octanol–water partition coefficient (Wildman–Crippen LogP) is 3.00. The van der Waals surface area contributed by atoms with E-state index in [1.165, 1.54) is 0 Å². The first-order chi connectivity index (χ1) is 10.7. The number of fused-ring (bicyclic) bond motifs is 1. The lowest BCUT2D eigenvalue weighted by Gasteiger charge is -2.22. The standard InChI is InChI=1S/C17H20N2O4/c1-16(2,3)23-15(22)19-17(14(20)21)8-12(17)11-9-18-13-7-5-4-6-10(11)13/h4-7,9,12,18H,8H2,1-3H3,(H,19,22)(H,20,21)/t12-,17+/m1/s1. The van der Waals surface area contributed by atoms with Gasteiger partial charge in [-0.05, 0) is 38.8 Å². The van der Waals surface area contributed by atoms with Crippen molar-refractivity contribution in [1.29, 1.82) is 0 Å². The molecule has 1 aliphatic carbocycles. The Morgan fingerprint density at radius 3 is 2.70 bits per heavy atom. The van der Waals surface area contributed by atoms with Crippen molar-refractivity contribution in [2.45, 2.75) is 44.2 Å². The molecule has 0 aliphatic heterocycles. The third-order valence-corrected chi connectivity index (χ3v) is 4.06. The lowest BCUT2D eigenvalue weighted by atomic mass is 10.1. The summed E-state index contributed by atoms with van der Waals surface area (Å²) in [4.78, 5) is 26.9. The molecule has 6 heteroatoms. The molecule has 6 nitrogen and oxygen atoms in total. The molecule has 2 aromatic rings. The van der Waals surface area contributed by atoms with E-state index in [0.29, 0.717) is 6.42 Å². The molecule has 0 spiro atoms. The number of carbonyl (C=O) groups is 2. The summed E-state index contributed by atoms with van der Waals surface area (Å²) in [7, 11) is 0. The molecule has 2 atom stereocenters. The molecule has 1 aromatic carbocycles. The van der Waals surface area contributed by atoms with Gasteiger partial charge in [0.1, 0.15) is 11.1 Å². The Morgan fingerprint density at radius 1 is 1.35 bits per heavy atom. The van der Waals surface area contributed by atoms with Gasteiger partial charge in [0.15, 0.2) is 0 Å². The minimum Gasteiger partial charge on any atom is -0.479 e. The van der Waals surface area contributed by atoms with Gasteiger partial charge in [-0.25, -0.2) is 9.59 Å². The smallest absolute Gasteiger partial charge is 0.408 e. The van der Waals surface area contributed by atoms with Crippen LogP contribution in [0.1, 0.15) is 38.7 Å². The number of nitrogens with one attached hydrogen (secondary N) is 2. The number of aromatic amines is 1. The van der Waals surface area contributed by atoms with Gasteiger partial charge >= 0.3 is 12.1 Å². The Balaban J connectivity index is 1.85. The van der Waals surface area contributed by atoms with E-state index in [9.17, 15) is 14.7 Å². The van der Waals surface area contributed by atoms with E-state index in [0.717, 1.165) is 16.5 Å². The van der Waals surface area contributed by atoms with Crippen LogP contribution in [0.4, 0.5) is 4.79 Å². The molecule has 1 aliphatic rings. The van der Waals surface area contributed by atoms with Gasteiger partial charge in [0.2, 0.25) is 0 Å². The van der Waals surface area contributed by atoms with Gasteiger partial charge in [-0.1, -0.05) is 18.2 Å². The Hall–Kier alpha value is -2.50. The number of aliphatic carboxylic acids is 1. The first-order valence-corrected chi connectivity index (χ1v) is 7.53. The molecule has 3 N–H and O–H groups in total. The maximum absolute atomic E-state index is 12.0. The van der Waals surface area contributed by atoms with Crippen molar-refractivity contribution in [2.75, 3.05) is 0 Å². The summed E-state index contributed by atoms with van der Waals surface area (Å²) in [5.74, 6) is -1.32. The number of amides is 1. The second kappa shape index (κ2) is 5.01. The first-order valence-electron chi connectivity index (χ1n) is 7.53. The summed E-state index contributed by atoms with van der Waals surface area (Å²) >= 11 is 0. The molecule has 1 aromatic heterocycles. The topological polar surface area (TPSA) is 91.4 Å². The number of aromatic nitrogens is 1. The Labute approximate surface area is 133 Å². The van der Waals surface area contributed by atoms with Crippen LogP contribution < -0.4 is 5.32 Å². The van der Waals surface area contributed by atoms with Gasteiger partial charge < -0.3 is 20.1 Å². The lowest BCUT2D eigenvalue weighted by Crippen LogP contribution is -2.46. The van der Waals surface area contributed by atoms with E-state index < -0.39 is 23.2 Å². The van der Waals surface area contributed by atoms with Gasteiger partial charge in [0.05, 0.1) is 0 Å². The molecule has 1 saturated carbocycles. The van der Waals surface area contributed by atoms with Crippen LogP contribution in [0.3, 0.4) is 0 Å². The van der Waals surface area contributed by atoms with E-state index in [-0.39, 0.29) is 5.92 Å². The highest BCUT2D eigenvalue weighted by atomic mass is 16.6. The van der Waals surface area contributed by atoms with Gasteiger partial charge in [0, 0.05) is 23.0 Å². The average molecular weight is 316 g/mol. The summed E-state index contributed by atoms with van der Waals surface area (Å²) in [6.45, 7) is 5.22. The minimum absolute atomic E-state index is 0.274. The fourth-order valence-corrected chi connectivity index (χ4v) is 2.93. The summed E-state index contributed by atoms with van der Waals surface area (Å²) in [6, 6.07) is 7.70. The summed E-state index contributed by atoms with van der Waals surface area (Å²) in [5, 5.41) is 13.1. The number of benzene rings is 1. The maximum atomic E-state index is 12.0. The van der Waals surface area contributed by atoms with E-state index in [4.69, 9.17) is 4.74 Å². The molecule has 122 valence electrons. The molecule has 1 amide bonds. The van der Waals surface area contributed by atoms with Crippen LogP contribution in [0.5, 0.6) is 0 Å². The molecule has 23 heavy (non-hydrogen) atoms. The van der Waals surface area contributed by atoms with Gasteiger partial charge in [-0.15, -0.1) is 0 Å². The Kier molecular flexibility index (Phi) is 3.35. The van der Waals surface area contributed by atoms with Crippen LogP contribution in [-0.4, -0.2) is 33.3 Å². The van der Waals surface area contributed by atoms with Crippen LogP contribution in [0, 0.1) is 0 Å². The van der Waals surface area contributed by atoms with Crippen molar-refractivity contribution in [3.8, 4) is 0 Å². The SMILES string of the molecule is CC(C)(C)OC(=O)N[C@@]1(C(=O)O)C[C@@H]1c1c[nH]c2ccccc12. The third kappa shape index (κ3) is 2.76. The first kappa shape index (κ1) is 15.4. The number of carboxylic acids is 1. The molecule has 0 radical (unpaired) electrons. The third-order valence-electron chi connectivity index (χ3n) is 4.06. The van der Waals surface area contributed by atoms with Crippen molar-refractivity contribution in [3.63, 3.8) is 0 Å². The Morgan fingerprint density at radius 2 is 2.04 bits per heavy atom. The zero-order valence-electron chi connectivity index (χ0n) is 13.3. The number of rotatable bonds is 3. The number of carbonyl (C=O) groups excluding carboxylic acids is 1. The fraction of sp³-hybridized carbons (Fsp3) is 0.412. The lowest BCUT2D eigenvalue weighted by molar-refractivity contribution is -0.140.